The van der Waals surface area contributed by atoms with Crippen LogP contribution in [0.15, 0.2) is 70.2 Å². The second-order valence-electron chi connectivity index (χ2n) is 5.64. The normalized spacial score (nSPS) is 10.7. The number of esters is 1. The predicted octanol–water partition coefficient (Wildman–Crippen LogP) is 3.87. The molecule has 3 aromatic rings. The minimum atomic E-state index is -0.407. The van der Waals surface area contributed by atoms with Crippen molar-refractivity contribution < 1.29 is 18.7 Å². The van der Waals surface area contributed by atoms with E-state index in [1.54, 1.807) is 37.6 Å². The Balaban J connectivity index is 1.68. The van der Waals surface area contributed by atoms with Crippen molar-refractivity contribution in [1.29, 1.82) is 0 Å². The number of nitrogens with zero attached hydrogens (tertiary/aromatic N) is 1. The van der Waals surface area contributed by atoms with Gasteiger partial charge >= 0.3 is 5.97 Å². The fourth-order valence-electron chi connectivity index (χ4n) is 2.64. The molecule has 0 aliphatic heterocycles. The van der Waals surface area contributed by atoms with E-state index in [4.69, 9.17) is 13.9 Å². The van der Waals surface area contributed by atoms with Gasteiger partial charge in [-0.25, -0.2) is 4.79 Å². The molecule has 27 heavy (non-hydrogen) atoms. The summed E-state index contributed by atoms with van der Waals surface area (Å²) >= 11 is 0. The third-order valence-corrected chi connectivity index (χ3v) is 3.97. The molecule has 0 aliphatic rings. The van der Waals surface area contributed by atoms with Crippen LogP contribution in [0, 0.1) is 0 Å². The number of para-hydroxylation sites is 1. The minimum Gasteiger partial charge on any atom is -0.496 e. The van der Waals surface area contributed by atoms with Crippen LogP contribution in [0.4, 0.5) is 0 Å². The number of furan rings is 1. The van der Waals surface area contributed by atoms with Crippen LogP contribution in [0.2, 0.25) is 0 Å². The topological polar surface area (TPSA) is 73.1 Å². The number of benzene rings is 2. The molecule has 138 valence electrons. The SMILES string of the molecule is COC(=O)c1ccccc1-c1ccc(/C=N\NCc2ccccc2OC)o1. The molecule has 0 atom stereocenters. The minimum absolute atomic E-state index is 0.407. The third kappa shape index (κ3) is 4.36. The standard InChI is InChI=1S/C21H20N2O4/c1-25-19-10-6-3-7-15(19)13-22-23-14-16-11-12-20(27-16)17-8-4-5-9-18(17)21(24)26-2/h3-12,14,22H,13H2,1-2H3/b23-14-. The summed E-state index contributed by atoms with van der Waals surface area (Å²) < 4.78 is 15.9. The van der Waals surface area contributed by atoms with Gasteiger partial charge < -0.3 is 19.3 Å². The molecule has 0 radical (unpaired) electrons. The summed E-state index contributed by atoms with van der Waals surface area (Å²) in [5.74, 6) is 1.54. The Morgan fingerprint density at radius 3 is 2.67 bits per heavy atom. The molecule has 0 saturated carbocycles. The second-order valence-corrected chi connectivity index (χ2v) is 5.64. The number of rotatable bonds is 7. The number of hydrazone groups is 1. The number of hydrogen-bond donors (Lipinski definition) is 1. The summed E-state index contributed by atoms with van der Waals surface area (Å²) in [4.78, 5) is 11.9. The van der Waals surface area contributed by atoms with Crippen LogP contribution >= 0.6 is 0 Å². The average molecular weight is 364 g/mol. The highest BCUT2D eigenvalue weighted by Gasteiger charge is 2.14. The lowest BCUT2D eigenvalue weighted by Gasteiger charge is -2.07. The predicted molar refractivity (Wildman–Crippen MR) is 103 cm³/mol. The van der Waals surface area contributed by atoms with Gasteiger partial charge in [0.05, 0.1) is 32.5 Å². The molecule has 0 aliphatic carbocycles. The average Bonchev–Trinajstić information content (AvgIpc) is 3.19. The lowest BCUT2D eigenvalue weighted by molar-refractivity contribution is 0.0601. The number of hydrogen-bond acceptors (Lipinski definition) is 6. The van der Waals surface area contributed by atoms with Crippen LogP contribution in [0.25, 0.3) is 11.3 Å². The zero-order valence-corrected chi connectivity index (χ0v) is 15.1. The first-order valence-corrected chi connectivity index (χ1v) is 8.38. The van der Waals surface area contributed by atoms with E-state index in [0.29, 0.717) is 29.2 Å². The van der Waals surface area contributed by atoms with Gasteiger partial charge in [-0.2, -0.15) is 5.10 Å². The van der Waals surface area contributed by atoms with Crippen LogP contribution in [-0.4, -0.2) is 26.4 Å². The van der Waals surface area contributed by atoms with Crippen LogP contribution in [0.1, 0.15) is 21.7 Å². The zero-order chi connectivity index (χ0) is 19.1. The lowest BCUT2D eigenvalue weighted by atomic mass is 10.1. The zero-order valence-electron chi connectivity index (χ0n) is 15.1. The van der Waals surface area contributed by atoms with Gasteiger partial charge in [0.15, 0.2) is 0 Å². The Bertz CT molecular complexity index is 947. The molecule has 1 aromatic heterocycles. The van der Waals surface area contributed by atoms with E-state index in [1.807, 2.05) is 36.4 Å². The Morgan fingerprint density at radius 1 is 1.07 bits per heavy atom. The van der Waals surface area contributed by atoms with Crippen molar-refractivity contribution in [2.75, 3.05) is 14.2 Å². The van der Waals surface area contributed by atoms with Gasteiger partial charge in [0.2, 0.25) is 0 Å². The van der Waals surface area contributed by atoms with E-state index < -0.39 is 5.97 Å². The molecule has 1 N–H and O–H groups in total. The van der Waals surface area contributed by atoms with Crippen LogP contribution in [0.3, 0.4) is 0 Å². The number of carbonyl (C=O) groups is 1. The first kappa shape index (κ1) is 18.3. The Hall–Kier alpha value is -3.54. The smallest absolute Gasteiger partial charge is 0.338 e. The van der Waals surface area contributed by atoms with Crippen molar-refractivity contribution in [1.82, 2.24) is 5.43 Å². The van der Waals surface area contributed by atoms with Crippen LogP contribution in [0.5, 0.6) is 5.75 Å². The molecule has 0 amide bonds. The fraction of sp³-hybridized carbons (Fsp3) is 0.143. The molecule has 0 fully saturated rings. The van der Waals surface area contributed by atoms with Crippen molar-refractivity contribution in [2.45, 2.75) is 6.54 Å². The highest BCUT2D eigenvalue weighted by Crippen LogP contribution is 2.26. The molecule has 0 unspecified atom stereocenters. The molecule has 0 spiro atoms. The monoisotopic (exact) mass is 364 g/mol. The molecule has 3 rings (SSSR count). The molecule has 6 heteroatoms. The summed E-state index contributed by atoms with van der Waals surface area (Å²) in [7, 11) is 2.99. The van der Waals surface area contributed by atoms with Gasteiger partial charge in [0, 0.05) is 11.1 Å². The summed E-state index contributed by atoms with van der Waals surface area (Å²) in [5, 5.41) is 4.18. The summed E-state index contributed by atoms with van der Waals surface area (Å²) in [5.41, 5.74) is 5.10. The molecule has 6 nitrogen and oxygen atoms in total. The number of ether oxygens (including phenoxy) is 2. The summed E-state index contributed by atoms with van der Waals surface area (Å²) in [6.07, 6.45) is 1.58. The first-order chi connectivity index (χ1) is 13.2. The maximum Gasteiger partial charge on any atom is 0.338 e. The fourth-order valence-corrected chi connectivity index (χ4v) is 2.64. The highest BCUT2D eigenvalue weighted by molar-refractivity contribution is 5.96. The Morgan fingerprint density at radius 2 is 1.85 bits per heavy atom. The third-order valence-electron chi connectivity index (χ3n) is 3.97. The largest absolute Gasteiger partial charge is 0.496 e. The van der Waals surface area contributed by atoms with Crippen molar-refractivity contribution in [2.24, 2.45) is 5.10 Å². The molecule has 2 aromatic carbocycles. The van der Waals surface area contributed by atoms with Crippen molar-refractivity contribution in [3.63, 3.8) is 0 Å². The lowest BCUT2D eigenvalue weighted by Crippen LogP contribution is -2.06. The highest BCUT2D eigenvalue weighted by atomic mass is 16.5. The van der Waals surface area contributed by atoms with E-state index in [9.17, 15) is 4.79 Å². The molecule has 1 heterocycles. The van der Waals surface area contributed by atoms with Crippen LogP contribution < -0.4 is 10.2 Å². The number of nitrogens with one attached hydrogen (secondary N) is 1. The van der Waals surface area contributed by atoms with Gasteiger partial charge in [0.1, 0.15) is 17.3 Å². The second kappa shape index (κ2) is 8.71. The summed E-state index contributed by atoms with van der Waals surface area (Å²) in [6.45, 7) is 0.527. The van der Waals surface area contributed by atoms with E-state index in [2.05, 4.69) is 10.5 Å². The molecule has 0 saturated heterocycles. The van der Waals surface area contributed by atoms with Gasteiger partial charge in [-0.3, -0.25) is 0 Å². The van der Waals surface area contributed by atoms with Gasteiger partial charge in [-0.15, -0.1) is 0 Å². The maximum absolute atomic E-state index is 11.9. The molecular weight excluding hydrogens is 344 g/mol. The van der Waals surface area contributed by atoms with Crippen molar-refractivity contribution in [3.8, 4) is 17.1 Å². The maximum atomic E-state index is 11.9. The van der Waals surface area contributed by atoms with E-state index >= 15 is 0 Å². The van der Waals surface area contributed by atoms with Gasteiger partial charge in [0.25, 0.3) is 0 Å². The van der Waals surface area contributed by atoms with E-state index in [1.165, 1.54) is 7.11 Å². The van der Waals surface area contributed by atoms with E-state index in [0.717, 1.165) is 11.3 Å². The number of methoxy groups -OCH3 is 2. The first-order valence-electron chi connectivity index (χ1n) is 8.38. The van der Waals surface area contributed by atoms with Crippen molar-refractivity contribution in [3.05, 3.63) is 77.6 Å². The Kier molecular flexibility index (Phi) is 5.89. The summed E-state index contributed by atoms with van der Waals surface area (Å²) in [6, 6.07) is 18.5. The van der Waals surface area contributed by atoms with Gasteiger partial charge in [-0.05, 0) is 24.3 Å². The Labute approximate surface area is 157 Å². The number of carbonyl (C=O) groups excluding carboxylic acids is 1. The van der Waals surface area contributed by atoms with Crippen LogP contribution in [-0.2, 0) is 11.3 Å². The van der Waals surface area contributed by atoms with E-state index in [-0.39, 0.29) is 0 Å². The quantitative estimate of drug-likeness (QED) is 0.391. The van der Waals surface area contributed by atoms with Gasteiger partial charge in [-0.1, -0.05) is 36.4 Å². The molecule has 0 bridgehead atoms. The molecular formula is C21H20N2O4. The van der Waals surface area contributed by atoms with Crippen molar-refractivity contribution >= 4 is 12.2 Å².